The minimum Gasteiger partial charge on any atom is -0.361 e. The van der Waals surface area contributed by atoms with Crippen molar-refractivity contribution in [2.24, 2.45) is 0 Å². The second-order valence-corrected chi connectivity index (χ2v) is 8.52. The molecular formula is C26H23N5O2. The van der Waals surface area contributed by atoms with Crippen molar-refractivity contribution in [3.63, 3.8) is 0 Å². The number of ketones is 1. The van der Waals surface area contributed by atoms with E-state index in [0.717, 1.165) is 45.9 Å². The van der Waals surface area contributed by atoms with E-state index in [4.69, 9.17) is 0 Å². The van der Waals surface area contributed by atoms with Gasteiger partial charge in [-0.25, -0.2) is 4.98 Å². The van der Waals surface area contributed by atoms with Gasteiger partial charge in [-0.05, 0) is 24.1 Å². The number of fused-ring (bicyclic) bond motifs is 2. The molecule has 0 saturated carbocycles. The average molecular weight is 438 g/mol. The van der Waals surface area contributed by atoms with Crippen molar-refractivity contribution >= 4 is 33.5 Å². The number of nitrogens with zero attached hydrogens (tertiary/aromatic N) is 3. The second-order valence-electron chi connectivity index (χ2n) is 8.52. The third-order valence-corrected chi connectivity index (χ3v) is 6.68. The van der Waals surface area contributed by atoms with Crippen molar-refractivity contribution in [3.8, 4) is 0 Å². The molecule has 3 aromatic heterocycles. The first-order valence-electron chi connectivity index (χ1n) is 11.1. The number of hydrogen-bond donors (Lipinski definition) is 2. The van der Waals surface area contributed by atoms with Crippen LogP contribution in [-0.2, 0) is 16.1 Å². The van der Waals surface area contributed by atoms with Gasteiger partial charge < -0.3 is 19.4 Å². The summed E-state index contributed by atoms with van der Waals surface area (Å²) in [7, 11) is 0. The van der Waals surface area contributed by atoms with Crippen molar-refractivity contribution in [2.75, 3.05) is 6.54 Å². The zero-order chi connectivity index (χ0) is 22.4. The molecule has 2 atom stereocenters. The number of carbonyl (C=O) groups is 2. The van der Waals surface area contributed by atoms with Gasteiger partial charge in [0.2, 0.25) is 5.78 Å². The number of nitrogens with one attached hydrogen (secondary N) is 2. The van der Waals surface area contributed by atoms with Crippen molar-refractivity contribution in [1.29, 1.82) is 0 Å². The second kappa shape index (κ2) is 7.78. The van der Waals surface area contributed by atoms with Crippen LogP contribution in [0.1, 0.15) is 29.5 Å². The zero-order valence-electron chi connectivity index (χ0n) is 17.9. The highest BCUT2D eigenvalue weighted by Gasteiger charge is 2.49. The Bertz CT molecular complexity index is 1460. The third-order valence-electron chi connectivity index (χ3n) is 6.68. The number of rotatable bonds is 6. The number of hydrogen-bond acceptors (Lipinski definition) is 3. The summed E-state index contributed by atoms with van der Waals surface area (Å²) >= 11 is 0. The Kier molecular flexibility index (Phi) is 4.61. The molecule has 1 fully saturated rings. The van der Waals surface area contributed by atoms with Crippen LogP contribution in [0.4, 0.5) is 0 Å². The Morgan fingerprint density at radius 3 is 2.21 bits per heavy atom. The van der Waals surface area contributed by atoms with Gasteiger partial charge in [0.05, 0.1) is 18.3 Å². The van der Waals surface area contributed by atoms with Crippen LogP contribution in [0, 0.1) is 0 Å². The molecule has 2 aromatic carbocycles. The first kappa shape index (κ1) is 19.5. The first-order valence-corrected chi connectivity index (χ1v) is 11.1. The van der Waals surface area contributed by atoms with Crippen LogP contribution in [-0.4, -0.2) is 42.7 Å². The van der Waals surface area contributed by atoms with E-state index < -0.39 is 11.8 Å². The Hall–Kier alpha value is -4.13. The number of imidazole rings is 1. The van der Waals surface area contributed by atoms with Crippen LogP contribution < -0.4 is 0 Å². The molecule has 0 aliphatic carbocycles. The molecule has 1 aliphatic heterocycles. The molecule has 33 heavy (non-hydrogen) atoms. The Morgan fingerprint density at radius 1 is 0.848 bits per heavy atom. The van der Waals surface area contributed by atoms with Crippen LogP contribution in [0.25, 0.3) is 21.8 Å². The summed E-state index contributed by atoms with van der Waals surface area (Å²) in [5, 5.41) is 2.02. The number of likely N-dealkylation sites (tertiary alicyclic amines) is 1. The maximum atomic E-state index is 13.5. The van der Waals surface area contributed by atoms with Gasteiger partial charge in [0, 0.05) is 65.2 Å². The molecule has 0 radical (unpaired) electrons. The lowest BCUT2D eigenvalue weighted by molar-refractivity contribution is -0.140. The van der Waals surface area contributed by atoms with Crippen molar-refractivity contribution in [2.45, 2.75) is 24.9 Å². The van der Waals surface area contributed by atoms with Crippen LogP contribution in [0.5, 0.6) is 0 Å². The molecule has 6 rings (SSSR count). The molecular weight excluding hydrogens is 414 g/mol. The van der Waals surface area contributed by atoms with E-state index >= 15 is 0 Å². The topological polar surface area (TPSA) is 86.8 Å². The highest BCUT2D eigenvalue weighted by molar-refractivity contribution is 6.41. The summed E-state index contributed by atoms with van der Waals surface area (Å²) in [5.74, 6) is -1.33. The van der Waals surface area contributed by atoms with E-state index in [1.807, 2.05) is 71.7 Å². The SMILES string of the molecule is O=C1C(=O)N(CCCn2ccnc2)C(c2c[nH]c3ccccc23)C1c1c[nH]c2ccccc12. The van der Waals surface area contributed by atoms with Gasteiger partial charge in [0.15, 0.2) is 0 Å². The molecule has 1 aliphatic rings. The standard InChI is InChI=1S/C26H23N5O2/c32-25-23(19-14-28-21-8-3-1-6-17(19)21)24(20-15-29-22-9-4-2-7-18(20)22)31(26(25)33)12-5-11-30-13-10-27-16-30/h1-4,6-10,13-16,23-24,28-29H,5,11-12H2. The molecule has 0 spiro atoms. The lowest BCUT2D eigenvalue weighted by Crippen LogP contribution is -2.31. The molecule has 0 bridgehead atoms. The number of aryl methyl sites for hydroxylation is 1. The summed E-state index contributed by atoms with van der Waals surface area (Å²) in [4.78, 5) is 39.2. The number of amides is 1. The number of aromatic nitrogens is 4. The van der Waals surface area contributed by atoms with Gasteiger partial charge in [-0.1, -0.05) is 36.4 Å². The molecule has 7 heteroatoms. The normalized spacial score (nSPS) is 18.7. The van der Waals surface area contributed by atoms with Crippen molar-refractivity contribution in [3.05, 3.63) is 90.8 Å². The van der Waals surface area contributed by atoms with E-state index in [2.05, 4.69) is 15.0 Å². The number of Topliss-reactive ketones (excluding diaryl/α,β-unsaturated/α-hetero) is 1. The minimum absolute atomic E-state index is 0.349. The zero-order valence-corrected chi connectivity index (χ0v) is 17.9. The summed E-state index contributed by atoms with van der Waals surface area (Å²) in [5.41, 5.74) is 3.80. The van der Waals surface area contributed by atoms with Gasteiger partial charge in [-0.15, -0.1) is 0 Å². The number of para-hydroxylation sites is 2. The summed E-state index contributed by atoms with van der Waals surface area (Å²) in [6.07, 6.45) is 9.98. The van der Waals surface area contributed by atoms with E-state index in [1.165, 1.54) is 0 Å². The average Bonchev–Trinajstić information content (AvgIpc) is 3.62. The molecule has 5 aromatic rings. The predicted octanol–water partition coefficient (Wildman–Crippen LogP) is 4.17. The lowest BCUT2D eigenvalue weighted by Gasteiger charge is -2.27. The quantitative estimate of drug-likeness (QED) is 0.391. The molecule has 2 unspecified atom stereocenters. The Morgan fingerprint density at radius 2 is 1.52 bits per heavy atom. The maximum Gasteiger partial charge on any atom is 0.291 e. The van der Waals surface area contributed by atoms with E-state index in [0.29, 0.717) is 6.54 Å². The molecule has 1 saturated heterocycles. The number of carbonyl (C=O) groups excluding carboxylic acids is 2. The van der Waals surface area contributed by atoms with E-state index in [1.54, 1.807) is 17.4 Å². The fraction of sp³-hybridized carbons (Fsp3) is 0.192. The van der Waals surface area contributed by atoms with Crippen LogP contribution in [0.2, 0.25) is 0 Å². The van der Waals surface area contributed by atoms with Crippen molar-refractivity contribution in [1.82, 2.24) is 24.4 Å². The molecule has 1 amide bonds. The van der Waals surface area contributed by atoms with Gasteiger partial charge in [-0.3, -0.25) is 9.59 Å². The van der Waals surface area contributed by atoms with Gasteiger partial charge >= 0.3 is 0 Å². The first-order chi connectivity index (χ1) is 16.2. The van der Waals surface area contributed by atoms with Crippen molar-refractivity contribution < 1.29 is 9.59 Å². The summed E-state index contributed by atoms with van der Waals surface area (Å²) in [6, 6.07) is 15.6. The fourth-order valence-electron chi connectivity index (χ4n) is 5.16. The van der Waals surface area contributed by atoms with Gasteiger partial charge in [0.25, 0.3) is 5.91 Å². The number of H-pyrrole nitrogens is 2. The fourth-order valence-corrected chi connectivity index (χ4v) is 5.16. The number of benzene rings is 2. The predicted molar refractivity (Wildman–Crippen MR) is 126 cm³/mol. The van der Waals surface area contributed by atoms with Crippen LogP contribution >= 0.6 is 0 Å². The highest BCUT2D eigenvalue weighted by atomic mass is 16.2. The lowest BCUT2D eigenvalue weighted by atomic mass is 9.86. The molecule has 164 valence electrons. The Balaban J connectivity index is 1.44. The largest absolute Gasteiger partial charge is 0.361 e. The Labute approximate surface area is 190 Å². The smallest absolute Gasteiger partial charge is 0.291 e. The van der Waals surface area contributed by atoms with Gasteiger partial charge in [0.1, 0.15) is 0 Å². The van der Waals surface area contributed by atoms with E-state index in [-0.39, 0.29) is 11.8 Å². The summed E-state index contributed by atoms with van der Waals surface area (Å²) < 4.78 is 1.99. The van der Waals surface area contributed by atoms with E-state index in [9.17, 15) is 9.59 Å². The molecule has 7 nitrogen and oxygen atoms in total. The molecule has 2 N–H and O–H groups in total. The van der Waals surface area contributed by atoms with Crippen LogP contribution in [0.3, 0.4) is 0 Å². The maximum absolute atomic E-state index is 13.5. The van der Waals surface area contributed by atoms with Gasteiger partial charge in [-0.2, -0.15) is 0 Å². The monoisotopic (exact) mass is 437 g/mol. The third kappa shape index (κ3) is 3.16. The summed E-state index contributed by atoms with van der Waals surface area (Å²) in [6.45, 7) is 1.22. The number of aromatic amines is 2. The minimum atomic E-state index is -0.568. The highest BCUT2D eigenvalue weighted by Crippen LogP contribution is 2.46. The molecule has 4 heterocycles. The van der Waals surface area contributed by atoms with Crippen LogP contribution in [0.15, 0.2) is 79.6 Å².